The summed E-state index contributed by atoms with van der Waals surface area (Å²) in [6.07, 6.45) is 3.98. The molecule has 0 spiro atoms. The van der Waals surface area contributed by atoms with E-state index >= 15 is 0 Å². The average molecular weight is 301 g/mol. The van der Waals surface area contributed by atoms with Crippen molar-refractivity contribution >= 4 is 33.2 Å². The van der Waals surface area contributed by atoms with Gasteiger partial charge in [0, 0.05) is 12.6 Å². The number of aromatic nitrogens is 4. The van der Waals surface area contributed by atoms with E-state index in [1.54, 1.807) is 12.3 Å². The molecule has 0 aromatic carbocycles. The lowest BCUT2D eigenvalue weighted by Gasteiger charge is -2.07. The van der Waals surface area contributed by atoms with Crippen molar-refractivity contribution in [2.45, 2.75) is 13.0 Å². The van der Waals surface area contributed by atoms with Crippen LogP contribution in [0.25, 0.3) is 10.3 Å². The molecule has 0 saturated carbocycles. The first-order valence-corrected chi connectivity index (χ1v) is 7.33. The quantitative estimate of drug-likeness (QED) is 0.648. The number of rotatable bonds is 5. The Bertz CT molecular complexity index is 755. The molecular weight excluding hydrogens is 286 g/mol. The molecule has 0 fully saturated rings. The van der Waals surface area contributed by atoms with Crippen LogP contribution in [-0.2, 0) is 13.0 Å². The number of nitrogen functional groups attached to an aromatic ring is 1. The molecule has 0 amide bonds. The number of nitrogens with two attached hydrogens (primary N) is 2. The van der Waals surface area contributed by atoms with E-state index < -0.39 is 0 Å². The van der Waals surface area contributed by atoms with E-state index in [9.17, 15) is 0 Å². The highest BCUT2D eigenvalue weighted by Gasteiger charge is 2.10. The van der Waals surface area contributed by atoms with E-state index in [1.807, 2.05) is 6.07 Å². The van der Waals surface area contributed by atoms with Gasteiger partial charge in [-0.2, -0.15) is 0 Å². The summed E-state index contributed by atoms with van der Waals surface area (Å²) in [6, 6.07) is 3.63. The van der Waals surface area contributed by atoms with Crippen LogP contribution in [0.15, 0.2) is 24.7 Å². The topological polar surface area (TPSA) is 116 Å². The van der Waals surface area contributed by atoms with E-state index in [-0.39, 0.29) is 0 Å². The van der Waals surface area contributed by atoms with Crippen LogP contribution in [0.4, 0.5) is 11.5 Å². The fourth-order valence-corrected chi connectivity index (χ4v) is 2.84. The predicted molar refractivity (Wildman–Crippen MR) is 83.9 cm³/mol. The molecule has 3 aromatic rings. The van der Waals surface area contributed by atoms with Crippen molar-refractivity contribution in [3.63, 3.8) is 0 Å². The highest BCUT2D eigenvalue weighted by atomic mass is 32.1. The summed E-state index contributed by atoms with van der Waals surface area (Å²) < 4.78 is 0. The summed E-state index contributed by atoms with van der Waals surface area (Å²) in [6.45, 7) is 1.06. The summed E-state index contributed by atoms with van der Waals surface area (Å²) in [5.41, 5.74) is 13.6. The Morgan fingerprint density at radius 1 is 1.24 bits per heavy atom. The third kappa shape index (κ3) is 2.91. The van der Waals surface area contributed by atoms with Crippen LogP contribution < -0.4 is 16.8 Å². The number of anilines is 2. The third-order valence-corrected chi connectivity index (χ3v) is 3.97. The number of hydrogen-bond donors (Lipinski definition) is 3. The smallest absolute Gasteiger partial charge is 0.157 e. The molecule has 5 N–H and O–H groups in total. The van der Waals surface area contributed by atoms with Gasteiger partial charge in [-0.1, -0.05) is 11.3 Å². The van der Waals surface area contributed by atoms with E-state index in [2.05, 4.69) is 25.3 Å². The summed E-state index contributed by atoms with van der Waals surface area (Å²) >= 11 is 1.54. The largest absolute Gasteiger partial charge is 0.397 e. The molecule has 0 saturated heterocycles. The van der Waals surface area contributed by atoms with E-state index in [4.69, 9.17) is 11.5 Å². The summed E-state index contributed by atoms with van der Waals surface area (Å²) in [5, 5.41) is 4.19. The van der Waals surface area contributed by atoms with E-state index in [0.29, 0.717) is 24.6 Å². The predicted octanol–water partition coefficient (Wildman–Crippen LogP) is 1.18. The van der Waals surface area contributed by atoms with Crippen molar-refractivity contribution in [3.05, 3.63) is 35.4 Å². The van der Waals surface area contributed by atoms with Gasteiger partial charge in [0.05, 0.1) is 22.9 Å². The monoisotopic (exact) mass is 301 g/mol. The second-order valence-corrected chi connectivity index (χ2v) is 5.48. The van der Waals surface area contributed by atoms with Gasteiger partial charge in [0.1, 0.15) is 16.7 Å². The Kier molecular flexibility index (Phi) is 3.89. The highest BCUT2D eigenvalue weighted by Crippen LogP contribution is 2.25. The lowest BCUT2D eigenvalue weighted by Crippen LogP contribution is -2.06. The van der Waals surface area contributed by atoms with Gasteiger partial charge in [0.25, 0.3) is 0 Å². The first-order valence-electron chi connectivity index (χ1n) is 6.51. The third-order valence-electron chi connectivity index (χ3n) is 2.95. The fourth-order valence-electron chi connectivity index (χ4n) is 1.92. The van der Waals surface area contributed by atoms with Crippen LogP contribution in [-0.4, -0.2) is 26.5 Å². The molecule has 0 aliphatic carbocycles. The van der Waals surface area contributed by atoms with E-state index in [1.165, 1.54) is 17.7 Å². The Hall–Kier alpha value is -2.32. The van der Waals surface area contributed by atoms with Gasteiger partial charge >= 0.3 is 0 Å². The first kappa shape index (κ1) is 13.7. The molecule has 0 aliphatic heterocycles. The van der Waals surface area contributed by atoms with Gasteiger partial charge < -0.3 is 16.8 Å². The Labute approximate surface area is 125 Å². The lowest BCUT2D eigenvalue weighted by atomic mass is 10.3. The molecule has 0 bridgehead atoms. The standard InChI is InChI=1S/C13H15N7S/c14-4-3-10-20-11-12(18-7-19-13(11)21-10)17-6-9-8(15)2-1-5-16-9/h1-2,5,7H,3-4,6,14-15H2,(H,17,18,19). The zero-order valence-electron chi connectivity index (χ0n) is 11.3. The number of hydrogen-bond acceptors (Lipinski definition) is 8. The molecule has 8 heteroatoms. The Morgan fingerprint density at radius 3 is 2.95 bits per heavy atom. The molecule has 3 heterocycles. The van der Waals surface area contributed by atoms with Crippen molar-refractivity contribution in [3.8, 4) is 0 Å². The van der Waals surface area contributed by atoms with Gasteiger partial charge in [0.15, 0.2) is 5.82 Å². The minimum Gasteiger partial charge on any atom is -0.397 e. The van der Waals surface area contributed by atoms with Crippen molar-refractivity contribution in [2.24, 2.45) is 5.73 Å². The maximum Gasteiger partial charge on any atom is 0.157 e. The molecule has 3 aromatic heterocycles. The Morgan fingerprint density at radius 2 is 2.14 bits per heavy atom. The zero-order valence-corrected chi connectivity index (χ0v) is 12.1. The summed E-state index contributed by atoms with van der Waals surface area (Å²) in [7, 11) is 0. The molecule has 0 aliphatic rings. The summed E-state index contributed by atoms with van der Waals surface area (Å²) in [4.78, 5) is 18.1. The van der Waals surface area contributed by atoms with Gasteiger partial charge in [-0.05, 0) is 18.7 Å². The fraction of sp³-hybridized carbons (Fsp3) is 0.231. The number of nitrogens with one attached hydrogen (secondary N) is 1. The second kappa shape index (κ2) is 5.98. The molecule has 0 unspecified atom stereocenters. The molecular formula is C13H15N7S. The maximum atomic E-state index is 5.88. The number of fused-ring (bicyclic) bond motifs is 1. The molecule has 21 heavy (non-hydrogen) atoms. The minimum atomic E-state index is 0.489. The van der Waals surface area contributed by atoms with Crippen molar-refractivity contribution < 1.29 is 0 Å². The highest BCUT2D eigenvalue weighted by molar-refractivity contribution is 7.18. The SMILES string of the molecule is NCCc1nc2c(NCc3ncccc3N)ncnc2s1. The average Bonchev–Trinajstić information content (AvgIpc) is 2.90. The van der Waals surface area contributed by atoms with Gasteiger partial charge in [-0.15, -0.1) is 0 Å². The van der Waals surface area contributed by atoms with Gasteiger partial charge in [-0.25, -0.2) is 15.0 Å². The van der Waals surface area contributed by atoms with Crippen LogP contribution >= 0.6 is 11.3 Å². The van der Waals surface area contributed by atoms with Crippen LogP contribution in [0.5, 0.6) is 0 Å². The van der Waals surface area contributed by atoms with Crippen molar-refractivity contribution in [1.82, 2.24) is 19.9 Å². The molecule has 108 valence electrons. The van der Waals surface area contributed by atoms with Crippen molar-refractivity contribution in [2.75, 3.05) is 17.6 Å². The van der Waals surface area contributed by atoms with Crippen LogP contribution in [0, 0.1) is 0 Å². The van der Waals surface area contributed by atoms with Crippen LogP contribution in [0.2, 0.25) is 0 Å². The molecule has 7 nitrogen and oxygen atoms in total. The van der Waals surface area contributed by atoms with E-state index in [0.717, 1.165) is 27.5 Å². The minimum absolute atomic E-state index is 0.489. The van der Waals surface area contributed by atoms with Gasteiger partial charge in [-0.3, -0.25) is 4.98 Å². The second-order valence-electron chi connectivity index (χ2n) is 4.42. The van der Waals surface area contributed by atoms with Crippen LogP contribution in [0.1, 0.15) is 10.7 Å². The zero-order chi connectivity index (χ0) is 14.7. The van der Waals surface area contributed by atoms with Crippen LogP contribution in [0.3, 0.4) is 0 Å². The lowest BCUT2D eigenvalue weighted by molar-refractivity contribution is 0.956. The number of nitrogens with zero attached hydrogens (tertiary/aromatic N) is 4. The normalized spacial score (nSPS) is 10.9. The number of pyridine rings is 1. The first-order chi connectivity index (χ1) is 10.3. The summed E-state index contributed by atoms with van der Waals surface area (Å²) in [5.74, 6) is 0.685. The molecule has 0 atom stereocenters. The van der Waals surface area contributed by atoms with Crippen molar-refractivity contribution in [1.29, 1.82) is 0 Å². The molecule has 3 rings (SSSR count). The molecule has 0 radical (unpaired) electrons. The van der Waals surface area contributed by atoms with Gasteiger partial charge in [0.2, 0.25) is 0 Å². The number of thiazole rings is 1. The Balaban J connectivity index is 1.85. The maximum absolute atomic E-state index is 5.88.